The molecule has 2 N–H and O–H groups in total. The van der Waals surface area contributed by atoms with E-state index >= 15 is 0 Å². The summed E-state index contributed by atoms with van der Waals surface area (Å²) in [5.74, 6) is -0.492. The maximum atomic E-state index is 13.2. The number of nitrogens with zero attached hydrogens (tertiary/aromatic N) is 1. The van der Waals surface area contributed by atoms with Crippen LogP contribution in [0.1, 0.15) is 38.3 Å². The summed E-state index contributed by atoms with van der Waals surface area (Å²) in [4.78, 5) is 0. The van der Waals surface area contributed by atoms with Crippen molar-refractivity contribution in [1.29, 1.82) is 5.26 Å². The summed E-state index contributed by atoms with van der Waals surface area (Å²) in [6.45, 7) is 6.99. The molecule has 1 atom stereocenters. The van der Waals surface area contributed by atoms with Gasteiger partial charge in [-0.05, 0) is 29.5 Å². The van der Waals surface area contributed by atoms with Gasteiger partial charge < -0.3 is 10.4 Å². The van der Waals surface area contributed by atoms with Crippen molar-refractivity contribution in [3.8, 4) is 6.07 Å². The van der Waals surface area contributed by atoms with Gasteiger partial charge in [-0.3, -0.25) is 0 Å². The Balaban J connectivity index is 2.72. The topological polar surface area (TPSA) is 56.0 Å². The van der Waals surface area contributed by atoms with E-state index in [-0.39, 0.29) is 23.6 Å². The molecule has 0 bridgehead atoms. The summed E-state index contributed by atoms with van der Waals surface area (Å²) in [6, 6.07) is 6.53. The molecule has 0 aliphatic carbocycles. The third-order valence-electron chi connectivity index (χ3n) is 3.17. The van der Waals surface area contributed by atoms with Crippen LogP contribution in [0.5, 0.6) is 0 Å². The molecule has 0 heterocycles. The van der Waals surface area contributed by atoms with Crippen LogP contribution in [0.15, 0.2) is 18.2 Å². The Bertz CT molecular complexity index is 460. The predicted molar refractivity (Wildman–Crippen MR) is 72.9 cm³/mol. The lowest BCUT2D eigenvalue weighted by Gasteiger charge is -2.31. The molecule has 1 aromatic carbocycles. The molecule has 0 aliphatic rings. The van der Waals surface area contributed by atoms with Crippen molar-refractivity contribution in [2.24, 2.45) is 5.41 Å². The molecule has 0 saturated heterocycles. The van der Waals surface area contributed by atoms with Gasteiger partial charge in [0.1, 0.15) is 11.9 Å². The number of halogens is 1. The predicted octanol–water partition coefficient (Wildman–Crippen LogP) is 2.58. The first kappa shape index (κ1) is 15.6. The minimum Gasteiger partial charge on any atom is -0.396 e. The van der Waals surface area contributed by atoms with Crippen molar-refractivity contribution in [3.05, 3.63) is 35.1 Å². The van der Waals surface area contributed by atoms with Crippen LogP contribution in [0.2, 0.25) is 0 Å². The highest BCUT2D eigenvalue weighted by Crippen LogP contribution is 2.22. The molecule has 104 valence electrons. The molecule has 1 aromatic rings. The Morgan fingerprint density at radius 3 is 2.63 bits per heavy atom. The van der Waals surface area contributed by atoms with Gasteiger partial charge >= 0.3 is 0 Å². The van der Waals surface area contributed by atoms with Crippen LogP contribution in [0, 0.1) is 22.6 Å². The first-order valence-corrected chi connectivity index (χ1v) is 6.41. The summed E-state index contributed by atoms with van der Waals surface area (Å²) in [5.41, 5.74) is 0.958. The molecule has 0 saturated carbocycles. The molecule has 1 rings (SSSR count). The van der Waals surface area contributed by atoms with Crippen molar-refractivity contribution in [3.63, 3.8) is 0 Å². The second-order valence-corrected chi connectivity index (χ2v) is 5.74. The summed E-state index contributed by atoms with van der Waals surface area (Å²) in [6.07, 6.45) is 0.663. The summed E-state index contributed by atoms with van der Waals surface area (Å²) < 4.78 is 13.2. The highest BCUT2D eigenvalue weighted by atomic mass is 19.1. The molecular weight excluding hydrogens is 243 g/mol. The molecule has 3 nitrogen and oxygen atoms in total. The van der Waals surface area contributed by atoms with Crippen molar-refractivity contribution in [2.45, 2.75) is 39.8 Å². The number of aliphatic hydroxyl groups excluding tert-OH is 1. The molecular formula is C15H21FN2O. The fourth-order valence-corrected chi connectivity index (χ4v) is 1.98. The molecule has 19 heavy (non-hydrogen) atoms. The SMILES string of the molecule is CC(C)(C)[C@@H](CCO)NCc1ccc(F)c(C#N)c1. The van der Waals surface area contributed by atoms with Crippen LogP contribution >= 0.6 is 0 Å². The first-order valence-electron chi connectivity index (χ1n) is 6.41. The molecule has 0 radical (unpaired) electrons. The van der Waals surface area contributed by atoms with Crippen LogP contribution in [-0.4, -0.2) is 17.8 Å². The Labute approximate surface area is 114 Å². The maximum Gasteiger partial charge on any atom is 0.140 e. The van der Waals surface area contributed by atoms with Gasteiger partial charge in [-0.1, -0.05) is 26.8 Å². The van der Waals surface area contributed by atoms with Crippen LogP contribution in [0.4, 0.5) is 4.39 Å². The number of nitriles is 1. The Hall–Kier alpha value is -1.44. The largest absolute Gasteiger partial charge is 0.396 e. The Kier molecular flexibility index (Phi) is 5.46. The Morgan fingerprint density at radius 1 is 1.42 bits per heavy atom. The zero-order chi connectivity index (χ0) is 14.5. The number of nitrogens with one attached hydrogen (secondary N) is 1. The van der Waals surface area contributed by atoms with E-state index in [1.807, 2.05) is 6.07 Å². The monoisotopic (exact) mass is 264 g/mol. The minimum absolute atomic E-state index is 0.0286. The van der Waals surface area contributed by atoms with Crippen molar-refractivity contribution in [1.82, 2.24) is 5.32 Å². The first-order chi connectivity index (χ1) is 8.88. The number of aliphatic hydroxyl groups is 1. The van der Waals surface area contributed by atoms with Gasteiger partial charge in [0.05, 0.1) is 5.56 Å². The zero-order valence-corrected chi connectivity index (χ0v) is 11.7. The van der Waals surface area contributed by atoms with Crippen LogP contribution < -0.4 is 5.32 Å². The van der Waals surface area contributed by atoms with E-state index in [2.05, 4.69) is 26.1 Å². The molecule has 0 aliphatic heterocycles. The normalized spacial score (nSPS) is 13.1. The van der Waals surface area contributed by atoms with Crippen LogP contribution in [0.25, 0.3) is 0 Å². The number of hydrogen-bond donors (Lipinski definition) is 2. The van der Waals surface area contributed by atoms with E-state index in [0.717, 1.165) is 5.56 Å². The van der Waals surface area contributed by atoms with E-state index in [0.29, 0.717) is 13.0 Å². The van der Waals surface area contributed by atoms with Crippen LogP contribution in [0.3, 0.4) is 0 Å². The van der Waals surface area contributed by atoms with E-state index in [1.54, 1.807) is 12.1 Å². The number of rotatable bonds is 5. The summed E-state index contributed by atoms with van der Waals surface area (Å²) >= 11 is 0. The van der Waals surface area contributed by atoms with Gasteiger partial charge in [0.2, 0.25) is 0 Å². The fourth-order valence-electron chi connectivity index (χ4n) is 1.98. The van der Waals surface area contributed by atoms with Crippen molar-refractivity contribution in [2.75, 3.05) is 6.61 Å². The second kappa shape index (κ2) is 6.65. The lowest BCUT2D eigenvalue weighted by molar-refractivity contribution is 0.196. The molecule has 0 fully saturated rings. The molecule has 0 unspecified atom stereocenters. The van der Waals surface area contributed by atoms with Gasteiger partial charge in [0, 0.05) is 19.2 Å². The lowest BCUT2D eigenvalue weighted by Crippen LogP contribution is -2.40. The van der Waals surface area contributed by atoms with Gasteiger partial charge in [0.15, 0.2) is 0 Å². The molecule has 0 aromatic heterocycles. The van der Waals surface area contributed by atoms with Crippen molar-refractivity contribution >= 4 is 0 Å². The van der Waals surface area contributed by atoms with Gasteiger partial charge in [-0.25, -0.2) is 4.39 Å². The smallest absolute Gasteiger partial charge is 0.140 e. The zero-order valence-electron chi connectivity index (χ0n) is 11.7. The standard InChI is InChI=1S/C15H21FN2O/c1-15(2,3)14(6-7-19)18-10-11-4-5-13(16)12(8-11)9-17/h4-5,8,14,18-19H,6-7,10H2,1-3H3/t14-/m1/s1. The van der Waals surface area contributed by atoms with E-state index in [1.165, 1.54) is 6.07 Å². The second-order valence-electron chi connectivity index (χ2n) is 5.74. The average Bonchev–Trinajstić information content (AvgIpc) is 2.34. The van der Waals surface area contributed by atoms with Crippen molar-refractivity contribution < 1.29 is 9.50 Å². The maximum absolute atomic E-state index is 13.2. The average molecular weight is 264 g/mol. The Morgan fingerprint density at radius 2 is 2.11 bits per heavy atom. The molecule has 0 spiro atoms. The quantitative estimate of drug-likeness (QED) is 0.859. The summed E-state index contributed by atoms with van der Waals surface area (Å²) in [7, 11) is 0. The third-order valence-corrected chi connectivity index (χ3v) is 3.17. The van der Waals surface area contributed by atoms with Gasteiger partial charge in [-0.2, -0.15) is 5.26 Å². The number of benzene rings is 1. The van der Waals surface area contributed by atoms with Crippen LogP contribution in [-0.2, 0) is 6.54 Å². The van der Waals surface area contributed by atoms with E-state index in [9.17, 15) is 4.39 Å². The minimum atomic E-state index is -0.492. The third kappa shape index (κ3) is 4.62. The van der Waals surface area contributed by atoms with E-state index in [4.69, 9.17) is 10.4 Å². The molecule has 0 amide bonds. The highest BCUT2D eigenvalue weighted by molar-refractivity contribution is 5.34. The summed E-state index contributed by atoms with van der Waals surface area (Å²) in [5, 5.41) is 21.2. The van der Waals surface area contributed by atoms with Gasteiger partial charge in [0.25, 0.3) is 0 Å². The fraction of sp³-hybridized carbons (Fsp3) is 0.533. The highest BCUT2D eigenvalue weighted by Gasteiger charge is 2.23. The van der Waals surface area contributed by atoms with Gasteiger partial charge in [-0.15, -0.1) is 0 Å². The molecule has 4 heteroatoms. The number of hydrogen-bond acceptors (Lipinski definition) is 3. The van der Waals surface area contributed by atoms with E-state index < -0.39 is 5.82 Å². The lowest BCUT2D eigenvalue weighted by atomic mass is 9.85.